The van der Waals surface area contributed by atoms with Crippen molar-refractivity contribution in [2.45, 2.75) is 44.6 Å². The molecular formula is C13H18Cl2F2N2. The van der Waals surface area contributed by atoms with Gasteiger partial charge in [-0.05, 0) is 32.0 Å². The molecular weight excluding hydrogens is 293 g/mol. The Bertz CT molecular complexity index is 363. The third-order valence-electron chi connectivity index (χ3n) is 3.05. The van der Waals surface area contributed by atoms with Crippen molar-refractivity contribution in [3.8, 4) is 0 Å². The lowest BCUT2D eigenvalue weighted by atomic mass is 9.96. The number of rotatable bonds is 2. The molecule has 1 heterocycles. The van der Waals surface area contributed by atoms with Crippen LogP contribution in [-0.4, -0.2) is 18.1 Å². The van der Waals surface area contributed by atoms with Crippen LogP contribution in [0.5, 0.6) is 0 Å². The Morgan fingerprint density at radius 1 is 1.16 bits per heavy atom. The fourth-order valence-electron chi connectivity index (χ4n) is 2.00. The molecule has 108 valence electrons. The molecule has 1 aliphatic rings. The lowest BCUT2D eigenvalue weighted by molar-refractivity contribution is 0.151. The van der Waals surface area contributed by atoms with Crippen LogP contribution in [-0.2, 0) is 0 Å². The van der Waals surface area contributed by atoms with Crippen molar-refractivity contribution in [1.82, 2.24) is 10.3 Å². The smallest absolute Gasteiger partial charge is 0.264 e. The Morgan fingerprint density at radius 2 is 1.68 bits per heavy atom. The summed E-state index contributed by atoms with van der Waals surface area (Å²) in [4.78, 5) is 3.51. The molecule has 0 aromatic carbocycles. The molecule has 0 aliphatic heterocycles. The zero-order valence-electron chi connectivity index (χ0n) is 10.8. The summed E-state index contributed by atoms with van der Waals surface area (Å²) in [5.41, 5.74) is -0.213. The fourth-order valence-corrected chi connectivity index (χ4v) is 2.48. The van der Waals surface area contributed by atoms with Crippen LogP contribution in [0.4, 0.5) is 8.78 Å². The molecule has 0 unspecified atom stereocenters. The number of halogens is 4. The molecule has 1 aliphatic carbocycles. The third kappa shape index (κ3) is 6.50. The minimum Gasteiger partial charge on any atom is -0.317 e. The number of aromatic nitrogens is 1. The largest absolute Gasteiger partial charge is 0.317 e. The van der Waals surface area contributed by atoms with E-state index >= 15 is 0 Å². The van der Waals surface area contributed by atoms with Crippen molar-refractivity contribution >= 4 is 23.2 Å². The Balaban J connectivity index is 0.000000200. The van der Waals surface area contributed by atoms with Gasteiger partial charge >= 0.3 is 0 Å². The van der Waals surface area contributed by atoms with Gasteiger partial charge in [-0.25, -0.2) is 13.8 Å². The van der Waals surface area contributed by atoms with Crippen molar-refractivity contribution in [3.05, 3.63) is 28.0 Å². The highest BCUT2D eigenvalue weighted by Gasteiger charge is 2.09. The first kappa shape index (κ1) is 16.6. The van der Waals surface area contributed by atoms with Gasteiger partial charge in [-0.3, -0.25) is 0 Å². The molecule has 19 heavy (non-hydrogen) atoms. The van der Waals surface area contributed by atoms with Gasteiger partial charge in [0, 0.05) is 11.6 Å². The standard InChI is InChI=1S/C7H15N.C6H3Cl2F2N/c1-8-7-5-3-2-4-6-7;7-4-1-3(6(9)10)2-5(8)11-4/h7-8H,2-6H2,1H3;1-2,6H. The van der Waals surface area contributed by atoms with Gasteiger partial charge in [0.1, 0.15) is 10.3 Å². The molecule has 1 aromatic heterocycles. The Hall–Kier alpha value is -0.450. The molecule has 0 amide bonds. The van der Waals surface area contributed by atoms with Crippen LogP contribution < -0.4 is 5.32 Å². The molecule has 0 saturated heterocycles. The second-order valence-corrected chi connectivity index (χ2v) is 5.24. The number of pyridine rings is 1. The SMILES string of the molecule is CNC1CCCCC1.FC(F)c1cc(Cl)nc(Cl)c1. The van der Waals surface area contributed by atoms with Crippen molar-refractivity contribution in [2.24, 2.45) is 0 Å². The highest BCUT2D eigenvalue weighted by Crippen LogP contribution is 2.23. The predicted octanol–water partition coefficient (Wildman–Crippen LogP) is 4.86. The minimum absolute atomic E-state index is 0.0206. The Morgan fingerprint density at radius 3 is 2.05 bits per heavy atom. The van der Waals surface area contributed by atoms with E-state index in [9.17, 15) is 8.78 Å². The molecule has 0 radical (unpaired) electrons. The summed E-state index contributed by atoms with van der Waals surface area (Å²) in [7, 11) is 2.07. The predicted molar refractivity (Wildman–Crippen MR) is 75.1 cm³/mol. The summed E-state index contributed by atoms with van der Waals surface area (Å²) >= 11 is 10.7. The van der Waals surface area contributed by atoms with Crippen LogP contribution in [0.2, 0.25) is 10.3 Å². The summed E-state index contributed by atoms with van der Waals surface area (Å²) in [5, 5.41) is 3.26. The van der Waals surface area contributed by atoms with E-state index in [2.05, 4.69) is 17.3 Å². The van der Waals surface area contributed by atoms with E-state index in [0.717, 1.165) is 18.2 Å². The van der Waals surface area contributed by atoms with Crippen molar-refractivity contribution < 1.29 is 8.78 Å². The molecule has 2 nitrogen and oxygen atoms in total. The van der Waals surface area contributed by atoms with Crippen LogP contribution in [0.15, 0.2) is 12.1 Å². The zero-order valence-corrected chi connectivity index (χ0v) is 12.3. The maximum absolute atomic E-state index is 12.0. The normalized spacial score (nSPS) is 16.1. The monoisotopic (exact) mass is 310 g/mol. The summed E-state index contributed by atoms with van der Waals surface area (Å²) < 4.78 is 24.0. The van der Waals surface area contributed by atoms with Gasteiger partial charge in [0.05, 0.1) is 0 Å². The van der Waals surface area contributed by atoms with Crippen LogP contribution in [0.3, 0.4) is 0 Å². The highest BCUT2D eigenvalue weighted by atomic mass is 35.5. The first-order chi connectivity index (χ1) is 9.02. The van der Waals surface area contributed by atoms with E-state index in [1.54, 1.807) is 0 Å². The average Bonchev–Trinajstić information content (AvgIpc) is 2.39. The lowest BCUT2D eigenvalue weighted by Gasteiger charge is -2.20. The third-order valence-corrected chi connectivity index (χ3v) is 3.44. The van der Waals surface area contributed by atoms with Gasteiger partial charge in [-0.2, -0.15) is 0 Å². The van der Waals surface area contributed by atoms with Gasteiger partial charge in [0.25, 0.3) is 6.43 Å². The molecule has 0 bridgehead atoms. The molecule has 1 N–H and O–H groups in total. The van der Waals surface area contributed by atoms with Gasteiger partial charge < -0.3 is 5.32 Å². The Kier molecular flexibility index (Phi) is 7.57. The number of alkyl halides is 2. The second-order valence-electron chi connectivity index (χ2n) is 4.47. The van der Waals surface area contributed by atoms with Crippen molar-refractivity contribution in [2.75, 3.05) is 7.05 Å². The second kappa shape index (κ2) is 8.67. The molecule has 0 spiro atoms. The van der Waals surface area contributed by atoms with E-state index in [1.165, 1.54) is 32.1 Å². The fraction of sp³-hybridized carbons (Fsp3) is 0.615. The van der Waals surface area contributed by atoms with Crippen LogP contribution in [0.25, 0.3) is 0 Å². The molecule has 1 aromatic rings. The molecule has 0 atom stereocenters. The van der Waals surface area contributed by atoms with Gasteiger partial charge in [0.15, 0.2) is 0 Å². The first-order valence-electron chi connectivity index (χ1n) is 6.31. The zero-order chi connectivity index (χ0) is 14.3. The van der Waals surface area contributed by atoms with E-state index in [0.29, 0.717) is 0 Å². The minimum atomic E-state index is -2.56. The van der Waals surface area contributed by atoms with Gasteiger partial charge in [-0.1, -0.05) is 42.5 Å². The number of nitrogens with one attached hydrogen (secondary N) is 1. The van der Waals surface area contributed by atoms with Crippen LogP contribution >= 0.6 is 23.2 Å². The summed E-state index contributed by atoms with van der Waals surface area (Å²) in [5.74, 6) is 0. The summed E-state index contributed by atoms with van der Waals surface area (Å²) in [6.07, 6.45) is 4.57. The summed E-state index contributed by atoms with van der Waals surface area (Å²) in [6.45, 7) is 0. The number of hydrogen-bond donors (Lipinski definition) is 1. The maximum atomic E-state index is 12.0. The van der Waals surface area contributed by atoms with Crippen LogP contribution in [0.1, 0.15) is 44.1 Å². The van der Waals surface area contributed by atoms with E-state index in [1.807, 2.05) is 0 Å². The lowest BCUT2D eigenvalue weighted by Crippen LogP contribution is -2.26. The van der Waals surface area contributed by atoms with E-state index in [-0.39, 0.29) is 15.9 Å². The van der Waals surface area contributed by atoms with Gasteiger partial charge in [0.2, 0.25) is 0 Å². The summed E-state index contributed by atoms with van der Waals surface area (Å²) in [6, 6.07) is 3.00. The topological polar surface area (TPSA) is 24.9 Å². The van der Waals surface area contributed by atoms with Crippen molar-refractivity contribution in [1.29, 1.82) is 0 Å². The maximum Gasteiger partial charge on any atom is 0.264 e. The van der Waals surface area contributed by atoms with Crippen LogP contribution in [0, 0.1) is 0 Å². The average molecular weight is 311 g/mol. The first-order valence-corrected chi connectivity index (χ1v) is 7.07. The van der Waals surface area contributed by atoms with E-state index < -0.39 is 6.43 Å². The molecule has 1 saturated carbocycles. The molecule has 1 fully saturated rings. The number of hydrogen-bond acceptors (Lipinski definition) is 2. The number of nitrogens with zero attached hydrogens (tertiary/aromatic N) is 1. The molecule has 2 rings (SSSR count). The van der Waals surface area contributed by atoms with Gasteiger partial charge in [-0.15, -0.1) is 0 Å². The quantitative estimate of drug-likeness (QED) is 0.789. The Labute approximate surface area is 122 Å². The molecule has 6 heteroatoms. The van der Waals surface area contributed by atoms with Crippen molar-refractivity contribution in [3.63, 3.8) is 0 Å². The van der Waals surface area contributed by atoms with E-state index in [4.69, 9.17) is 23.2 Å². The highest BCUT2D eigenvalue weighted by molar-refractivity contribution is 6.32.